The molecule has 0 atom stereocenters. The lowest BCUT2D eigenvalue weighted by Gasteiger charge is -1.97. The van der Waals surface area contributed by atoms with Crippen LogP contribution in [0.2, 0.25) is 0 Å². The van der Waals surface area contributed by atoms with Crippen molar-refractivity contribution < 1.29 is 15.0 Å². The summed E-state index contributed by atoms with van der Waals surface area (Å²) in [4.78, 5) is 15.4. The molecule has 3 rings (SSSR count). The molecule has 0 unspecified atom stereocenters. The first kappa shape index (κ1) is 12.2. The molecule has 6 heteroatoms. The average Bonchev–Trinajstić information content (AvgIpc) is 2.83. The van der Waals surface area contributed by atoms with Crippen LogP contribution in [0.1, 0.15) is 21.9 Å². The van der Waals surface area contributed by atoms with Crippen LogP contribution in [-0.2, 0) is 6.42 Å². The van der Waals surface area contributed by atoms with E-state index >= 15 is 0 Å². The number of carbonyl (C=O) groups is 1. The number of nitrogens with zero attached hydrogens (tertiary/aromatic N) is 3. The number of fused-ring (bicyclic) bond motifs is 1. The summed E-state index contributed by atoms with van der Waals surface area (Å²) in [6, 6.07) is 11.6. The van der Waals surface area contributed by atoms with Gasteiger partial charge >= 0.3 is 5.97 Å². The monoisotopic (exact) mass is 269 g/mol. The Morgan fingerprint density at radius 3 is 2.60 bits per heavy atom. The number of hydrogen-bond acceptors (Lipinski definition) is 4. The van der Waals surface area contributed by atoms with Gasteiger partial charge < -0.3 is 10.2 Å². The number of benzene rings is 1. The molecule has 6 nitrogen and oxygen atoms in total. The zero-order chi connectivity index (χ0) is 14.1. The molecule has 0 aliphatic rings. The average molecular weight is 269 g/mol. The van der Waals surface area contributed by atoms with Crippen molar-refractivity contribution in [3.63, 3.8) is 0 Å². The lowest BCUT2D eigenvalue weighted by atomic mass is 10.1. The van der Waals surface area contributed by atoms with Gasteiger partial charge in [0.2, 0.25) is 0 Å². The zero-order valence-corrected chi connectivity index (χ0v) is 10.4. The Bertz CT molecular complexity index is 778. The highest BCUT2D eigenvalue weighted by Gasteiger charge is 2.12. The van der Waals surface area contributed by atoms with Crippen LogP contribution < -0.4 is 0 Å². The SMILES string of the molecule is O=C(O)c1cccc2nc(Cc3ccc(O)cc3)nn12. The quantitative estimate of drug-likeness (QED) is 0.756. The molecule has 3 aromatic rings. The van der Waals surface area contributed by atoms with Crippen LogP contribution in [0.5, 0.6) is 5.75 Å². The van der Waals surface area contributed by atoms with Crippen molar-refractivity contribution in [2.75, 3.05) is 0 Å². The minimum Gasteiger partial charge on any atom is -0.508 e. The number of rotatable bonds is 3. The zero-order valence-electron chi connectivity index (χ0n) is 10.4. The van der Waals surface area contributed by atoms with Gasteiger partial charge in [-0.2, -0.15) is 5.10 Å². The third-order valence-electron chi connectivity index (χ3n) is 2.92. The van der Waals surface area contributed by atoms with Crippen molar-refractivity contribution in [1.82, 2.24) is 14.6 Å². The molecule has 1 aromatic carbocycles. The molecule has 0 fully saturated rings. The number of phenols is 1. The Labute approximate surface area is 113 Å². The first-order valence-electron chi connectivity index (χ1n) is 5.99. The van der Waals surface area contributed by atoms with E-state index in [-0.39, 0.29) is 11.4 Å². The van der Waals surface area contributed by atoms with Gasteiger partial charge in [0.05, 0.1) is 0 Å². The molecule has 0 saturated carbocycles. The van der Waals surface area contributed by atoms with E-state index in [1.165, 1.54) is 10.6 Å². The third-order valence-corrected chi connectivity index (χ3v) is 2.92. The molecule has 0 spiro atoms. The van der Waals surface area contributed by atoms with Crippen molar-refractivity contribution in [3.8, 4) is 5.75 Å². The topological polar surface area (TPSA) is 87.7 Å². The highest BCUT2D eigenvalue weighted by molar-refractivity contribution is 5.86. The molecule has 0 amide bonds. The Morgan fingerprint density at radius 1 is 1.15 bits per heavy atom. The van der Waals surface area contributed by atoms with Crippen LogP contribution in [0.25, 0.3) is 5.65 Å². The summed E-state index contributed by atoms with van der Waals surface area (Å²) in [5, 5.41) is 22.5. The van der Waals surface area contributed by atoms with Gasteiger partial charge in [-0.25, -0.2) is 14.3 Å². The molecule has 0 aliphatic carbocycles. The van der Waals surface area contributed by atoms with E-state index in [2.05, 4.69) is 10.1 Å². The second-order valence-electron chi connectivity index (χ2n) is 4.36. The summed E-state index contributed by atoms with van der Waals surface area (Å²) >= 11 is 0. The van der Waals surface area contributed by atoms with E-state index in [1.54, 1.807) is 36.4 Å². The molecule has 100 valence electrons. The molecule has 20 heavy (non-hydrogen) atoms. The van der Waals surface area contributed by atoms with Gasteiger partial charge in [-0.15, -0.1) is 0 Å². The fourth-order valence-corrected chi connectivity index (χ4v) is 1.98. The van der Waals surface area contributed by atoms with E-state index in [1.807, 2.05) is 0 Å². The number of aromatic hydroxyl groups is 1. The van der Waals surface area contributed by atoms with Gasteiger partial charge in [0, 0.05) is 6.42 Å². The second-order valence-corrected chi connectivity index (χ2v) is 4.36. The number of aromatic carboxylic acids is 1. The van der Waals surface area contributed by atoms with Gasteiger partial charge in [-0.05, 0) is 29.8 Å². The Kier molecular flexibility index (Phi) is 2.83. The summed E-state index contributed by atoms with van der Waals surface area (Å²) in [6.07, 6.45) is 0.473. The number of carboxylic acid groups (broad SMARTS) is 1. The highest BCUT2D eigenvalue weighted by atomic mass is 16.4. The number of hydrogen-bond donors (Lipinski definition) is 2. The number of aromatic nitrogens is 3. The van der Waals surface area contributed by atoms with Crippen molar-refractivity contribution in [1.29, 1.82) is 0 Å². The molecule has 2 N–H and O–H groups in total. The fourth-order valence-electron chi connectivity index (χ4n) is 1.98. The van der Waals surface area contributed by atoms with Crippen LogP contribution in [0.4, 0.5) is 0 Å². The first-order chi connectivity index (χ1) is 9.63. The van der Waals surface area contributed by atoms with Crippen LogP contribution in [-0.4, -0.2) is 30.8 Å². The number of phenolic OH excluding ortho intramolecular Hbond substituents is 1. The van der Waals surface area contributed by atoms with Gasteiger partial charge in [0.25, 0.3) is 0 Å². The van der Waals surface area contributed by atoms with Gasteiger partial charge in [0.1, 0.15) is 5.75 Å². The molecular weight excluding hydrogens is 258 g/mol. The van der Waals surface area contributed by atoms with Crippen LogP contribution in [0.15, 0.2) is 42.5 Å². The van der Waals surface area contributed by atoms with E-state index in [9.17, 15) is 9.90 Å². The summed E-state index contributed by atoms with van der Waals surface area (Å²) < 4.78 is 1.32. The number of pyridine rings is 1. The molecule has 0 saturated heterocycles. The lowest BCUT2D eigenvalue weighted by Crippen LogP contribution is -2.05. The highest BCUT2D eigenvalue weighted by Crippen LogP contribution is 2.13. The molecule has 2 aromatic heterocycles. The third kappa shape index (κ3) is 2.18. The minimum atomic E-state index is -1.04. The van der Waals surface area contributed by atoms with Crippen LogP contribution in [0, 0.1) is 0 Å². The van der Waals surface area contributed by atoms with Gasteiger partial charge in [-0.3, -0.25) is 0 Å². The Hall–Kier alpha value is -2.89. The van der Waals surface area contributed by atoms with Crippen molar-refractivity contribution in [2.24, 2.45) is 0 Å². The lowest BCUT2D eigenvalue weighted by molar-refractivity contribution is 0.0687. The summed E-state index contributed by atoms with van der Waals surface area (Å²) in [6.45, 7) is 0. The molecular formula is C14H11N3O3. The maximum atomic E-state index is 11.1. The molecule has 0 bridgehead atoms. The van der Waals surface area contributed by atoms with Gasteiger partial charge in [-0.1, -0.05) is 18.2 Å². The van der Waals surface area contributed by atoms with E-state index < -0.39 is 5.97 Å². The fraction of sp³-hybridized carbons (Fsp3) is 0.0714. The largest absolute Gasteiger partial charge is 0.508 e. The van der Waals surface area contributed by atoms with Gasteiger partial charge in [0.15, 0.2) is 17.2 Å². The van der Waals surface area contributed by atoms with Crippen molar-refractivity contribution in [2.45, 2.75) is 6.42 Å². The van der Waals surface area contributed by atoms with E-state index in [0.717, 1.165) is 5.56 Å². The predicted octanol–water partition coefficient (Wildman–Crippen LogP) is 1.72. The second kappa shape index (κ2) is 4.65. The summed E-state index contributed by atoms with van der Waals surface area (Å²) in [7, 11) is 0. The standard InChI is InChI=1S/C14H11N3O3/c18-10-6-4-9(5-7-10)8-12-15-13-3-1-2-11(14(19)20)17(13)16-12/h1-7,18H,8H2,(H,19,20). The maximum absolute atomic E-state index is 11.1. The van der Waals surface area contributed by atoms with Crippen molar-refractivity contribution in [3.05, 3.63) is 59.5 Å². The van der Waals surface area contributed by atoms with E-state index in [4.69, 9.17) is 5.11 Å². The van der Waals surface area contributed by atoms with Crippen LogP contribution >= 0.6 is 0 Å². The Morgan fingerprint density at radius 2 is 1.90 bits per heavy atom. The van der Waals surface area contributed by atoms with E-state index in [0.29, 0.717) is 17.9 Å². The Balaban J connectivity index is 1.99. The molecule has 2 heterocycles. The summed E-state index contributed by atoms with van der Waals surface area (Å²) in [5.41, 5.74) is 1.52. The summed E-state index contributed by atoms with van der Waals surface area (Å²) in [5.74, 6) is -0.314. The first-order valence-corrected chi connectivity index (χ1v) is 5.99. The normalized spacial score (nSPS) is 10.8. The van der Waals surface area contributed by atoms with Crippen LogP contribution in [0.3, 0.4) is 0 Å². The number of carboxylic acids is 1. The predicted molar refractivity (Wildman–Crippen MR) is 70.9 cm³/mol. The molecule has 0 radical (unpaired) electrons. The molecule has 0 aliphatic heterocycles. The maximum Gasteiger partial charge on any atom is 0.354 e. The smallest absolute Gasteiger partial charge is 0.354 e. The minimum absolute atomic E-state index is 0.0759. The van der Waals surface area contributed by atoms with Crippen molar-refractivity contribution >= 4 is 11.6 Å².